The molecule has 7 heteroatoms. The van der Waals surface area contributed by atoms with Gasteiger partial charge in [0, 0.05) is 11.5 Å². The molecule has 1 aliphatic heterocycles. The quantitative estimate of drug-likeness (QED) is 0.488. The van der Waals surface area contributed by atoms with E-state index in [0.29, 0.717) is 19.4 Å². The third-order valence-corrected chi connectivity index (χ3v) is 3.52. The second-order valence-electron chi connectivity index (χ2n) is 6.18. The van der Waals surface area contributed by atoms with E-state index in [2.05, 4.69) is 10.0 Å². The van der Waals surface area contributed by atoms with Gasteiger partial charge in [0.2, 0.25) is 0 Å². The summed E-state index contributed by atoms with van der Waals surface area (Å²) in [6.45, 7) is 7.76. The van der Waals surface area contributed by atoms with Crippen LogP contribution < -0.4 is 0 Å². The molecule has 1 amide bonds. The number of ether oxygens (including phenoxy) is 1. The number of aliphatic hydroxyl groups is 1. The van der Waals surface area contributed by atoms with Crippen LogP contribution in [0.5, 0.6) is 0 Å². The van der Waals surface area contributed by atoms with Gasteiger partial charge in [0.25, 0.3) is 0 Å². The lowest BCUT2D eigenvalue weighted by Gasteiger charge is -2.38. The molecule has 1 saturated heterocycles. The summed E-state index contributed by atoms with van der Waals surface area (Å²) < 4.78 is 5.37. The van der Waals surface area contributed by atoms with E-state index in [4.69, 9.17) is 10.3 Å². The highest BCUT2D eigenvalue weighted by molar-refractivity contribution is 5.69. The standard InChI is InChI=1S/C13H24N4O3/c1-5-13(19,9-15-16-14)10-7-6-8-17(10)11(18)20-12(2,3)4/h10,19H,5-9H2,1-4H3/t10-,13+/m1/s1. The minimum Gasteiger partial charge on any atom is -0.444 e. The Bertz CT molecular complexity index is 401. The summed E-state index contributed by atoms with van der Waals surface area (Å²) in [5.41, 5.74) is 6.67. The molecule has 0 radical (unpaired) electrons. The number of nitrogens with zero attached hydrogens (tertiary/aromatic N) is 4. The van der Waals surface area contributed by atoms with Gasteiger partial charge in [-0.25, -0.2) is 4.79 Å². The molecular formula is C13H24N4O3. The molecule has 1 aliphatic rings. The number of hydrogen-bond acceptors (Lipinski definition) is 4. The van der Waals surface area contributed by atoms with Gasteiger partial charge in [-0.15, -0.1) is 0 Å². The van der Waals surface area contributed by atoms with Crippen molar-refractivity contribution in [3.8, 4) is 0 Å². The van der Waals surface area contributed by atoms with Gasteiger partial charge >= 0.3 is 6.09 Å². The number of carbonyl (C=O) groups is 1. The summed E-state index contributed by atoms with van der Waals surface area (Å²) in [4.78, 5) is 16.5. The van der Waals surface area contributed by atoms with Crippen LogP contribution in [0.25, 0.3) is 10.4 Å². The van der Waals surface area contributed by atoms with Crippen molar-refractivity contribution < 1.29 is 14.6 Å². The molecule has 0 aromatic carbocycles. The Morgan fingerprint density at radius 2 is 2.20 bits per heavy atom. The van der Waals surface area contributed by atoms with Crippen LogP contribution in [0.4, 0.5) is 4.79 Å². The average Bonchev–Trinajstić information content (AvgIpc) is 2.83. The maximum Gasteiger partial charge on any atom is 0.410 e. The van der Waals surface area contributed by atoms with Crippen LogP contribution in [-0.4, -0.2) is 46.4 Å². The van der Waals surface area contributed by atoms with Gasteiger partial charge < -0.3 is 14.7 Å². The molecule has 0 saturated carbocycles. The molecule has 0 aliphatic carbocycles. The monoisotopic (exact) mass is 284 g/mol. The fraction of sp³-hybridized carbons (Fsp3) is 0.923. The number of rotatable bonds is 4. The van der Waals surface area contributed by atoms with Crippen molar-refractivity contribution in [1.82, 2.24) is 4.90 Å². The number of hydrogen-bond donors (Lipinski definition) is 1. The summed E-state index contributed by atoms with van der Waals surface area (Å²) in [6.07, 6.45) is 1.48. The van der Waals surface area contributed by atoms with Gasteiger partial charge in [0.1, 0.15) is 5.60 Å². The van der Waals surface area contributed by atoms with Crippen molar-refractivity contribution in [1.29, 1.82) is 0 Å². The van der Waals surface area contributed by atoms with Crippen molar-refractivity contribution in [2.24, 2.45) is 5.11 Å². The Hall–Kier alpha value is -1.46. The first-order valence-corrected chi connectivity index (χ1v) is 6.96. The molecule has 114 valence electrons. The van der Waals surface area contributed by atoms with Crippen molar-refractivity contribution in [2.45, 2.75) is 64.2 Å². The first-order chi connectivity index (χ1) is 9.23. The fourth-order valence-corrected chi connectivity index (χ4v) is 2.47. The van der Waals surface area contributed by atoms with Crippen molar-refractivity contribution >= 4 is 6.09 Å². The normalized spacial score (nSPS) is 22.1. The smallest absolute Gasteiger partial charge is 0.410 e. The van der Waals surface area contributed by atoms with Crippen LogP contribution in [0.1, 0.15) is 47.0 Å². The molecule has 0 aromatic heterocycles. The first-order valence-electron chi connectivity index (χ1n) is 6.96. The topological polar surface area (TPSA) is 98.5 Å². The van der Waals surface area contributed by atoms with Crippen molar-refractivity contribution in [3.63, 3.8) is 0 Å². The second-order valence-corrected chi connectivity index (χ2v) is 6.18. The Labute approximate surface area is 119 Å². The Balaban J connectivity index is 2.87. The molecule has 0 bridgehead atoms. The number of amides is 1. The molecule has 1 rings (SSSR count). The molecule has 1 heterocycles. The predicted octanol–water partition coefficient (Wildman–Crippen LogP) is 2.84. The van der Waals surface area contributed by atoms with Gasteiger partial charge in [-0.1, -0.05) is 12.0 Å². The lowest BCUT2D eigenvalue weighted by Crippen LogP contribution is -2.54. The summed E-state index contributed by atoms with van der Waals surface area (Å²) in [7, 11) is 0. The maximum atomic E-state index is 12.2. The van der Waals surface area contributed by atoms with E-state index in [9.17, 15) is 9.90 Å². The Morgan fingerprint density at radius 1 is 1.55 bits per heavy atom. The van der Waals surface area contributed by atoms with E-state index in [1.54, 1.807) is 4.90 Å². The van der Waals surface area contributed by atoms with Crippen LogP contribution in [0.3, 0.4) is 0 Å². The lowest BCUT2D eigenvalue weighted by atomic mass is 9.89. The zero-order valence-electron chi connectivity index (χ0n) is 12.7. The molecule has 0 aromatic rings. The predicted molar refractivity (Wildman–Crippen MR) is 75.2 cm³/mol. The molecule has 20 heavy (non-hydrogen) atoms. The van der Waals surface area contributed by atoms with E-state index in [1.165, 1.54) is 0 Å². The molecular weight excluding hydrogens is 260 g/mol. The minimum absolute atomic E-state index is 0.0377. The van der Waals surface area contributed by atoms with E-state index >= 15 is 0 Å². The van der Waals surface area contributed by atoms with Gasteiger partial charge in [-0.3, -0.25) is 0 Å². The van der Waals surface area contributed by atoms with E-state index < -0.39 is 17.3 Å². The molecule has 1 fully saturated rings. The summed E-state index contributed by atoms with van der Waals surface area (Å²) in [5, 5.41) is 14.1. The van der Waals surface area contributed by atoms with E-state index in [0.717, 1.165) is 6.42 Å². The Morgan fingerprint density at radius 3 is 2.70 bits per heavy atom. The molecule has 2 atom stereocenters. The van der Waals surface area contributed by atoms with Crippen LogP contribution in [0.2, 0.25) is 0 Å². The zero-order valence-corrected chi connectivity index (χ0v) is 12.7. The summed E-state index contributed by atoms with van der Waals surface area (Å²) in [5.74, 6) is 0. The van der Waals surface area contributed by atoms with Gasteiger partial charge in [0.05, 0.1) is 18.2 Å². The second kappa shape index (κ2) is 6.33. The minimum atomic E-state index is -1.19. The maximum absolute atomic E-state index is 12.2. The van der Waals surface area contributed by atoms with Crippen LogP contribution in [-0.2, 0) is 4.74 Å². The Kier molecular flexibility index (Phi) is 5.25. The lowest BCUT2D eigenvalue weighted by molar-refractivity contribution is -0.0407. The van der Waals surface area contributed by atoms with Gasteiger partial charge in [-0.05, 0) is 45.6 Å². The largest absolute Gasteiger partial charge is 0.444 e. The average molecular weight is 284 g/mol. The third kappa shape index (κ3) is 4.02. The number of carbonyl (C=O) groups excluding carboxylic acids is 1. The van der Waals surface area contributed by atoms with Crippen LogP contribution in [0, 0.1) is 0 Å². The van der Waals surface area contributed by atoms with Gasteiger partial charge in [-0.2, -0.15) is 0 Å². The number of azide groups is 1. The molecule has 0 spiro atoms. The SMILES string of the molecule is CC[C@](O)(CN=[N+]=[N-])[C@H]1CCCN1C(=O)OC(C)(C)C. The van der Waals surface area contributed by atoms with Crippen LogP contribution >= 0.6 is 0 Å². The first kappa shape index (κ1) is 16.6. The highest BCUT2D eigenvalue weighted by atomic mass is 16.6. The molecule has 7 nitrogen and oxygen atoms in total. The summed E-state index contributed by atoms with van der Waals surface area (Å²) in [6, 6.07) is -0.368. The summed E-state index contributed by atoms with van der Waals surface area (Å²) >= 11 is 0. The molecule has 1 N–H and O–H groups in total. The van der Waals surface area contributed by atoms with E-state index in [1.807, 2.05) is 27.7 Å². The third-order valence-electron chi connectivity index (χ3n) is 3.52. The zero-order chi connectivity index (χ0) is 15.4. The van der Waals surface area contributed by atoms with Gasteiger partial charge in [0.15, 0.2) is 0 Å². The highest BCUT2D eigenvalue weighted by Gasteiger charge is 2.44. The number of likely N-dealkylation sites (tertiary alicyclic amines) is 1. The van der Waals surface area contributed by atoms with Crippen molar-refractivity contribution in [2.75, 3.05) is 13.1 Å². The highest BCUT2D eigenvalue weighted by Crippen LogP contribution is 2.31. The fourth-order valence-electron chi connectivity index (χ4n) is 2.47. The van der Waals surface area contributed by atoms with Crippen molar-refractivity contribution in [3.05, 3.63) is 10.4 Å². The molecule has 0 unspecified atom stereocenters. The van der Waals surface area contributed by atoms with E-state index in [-0.39, 0.29) is 12.6 Å². The van der Waals surface area contributed by atoms with Crippen LogP contribution in [0.15, 0.2) is 5.11 Å².